The summed E-state index contributed by atoms with van der Waals surface area (Å²) in [6.07, 6.45) is 3.33. The van der Waals surface area contributed by atoms with Gasteiger partial charge < -0.3 is 5.32 Å². The molecule has 0 saturated heterocycles. The zero-order chi connectivity index (χ0) is 14.1. The average Bonchev–Trinajstić information content (AvgIpc) is 2.42. The summed E-state index contributed by atoms with van der Waals surface area (Å²) in [4.78, 5) is 0. The minimum Gasteiger partial charge on any atom is -0.381 e. The summed E-state index contributed by atoms with van der Waals surface area (Å²) in [5.74, 6) is 0. The second-order valence-corrected chi connectivity index (χ2v) is 6.80. The predicted molar refractivity (Wildman–Crippen MR) is 89.8 cm³/mol. The van der Waals surface area contributed by atoms with Crippen LogP contribution in [0.25, 0.3) is 0 Å². The molecule has 0 bridgehead atoms. The zero-order valence-electron chi connectivity index (χ0n) is 11.4. The molecule has 0 aliphatic heterocycles. The smallest absolute Gasteiger partial charge is 0.0640 e. The van der Waals surface area contributed by atoms with Gasteiger partial charge in [0.25, 0.3) is 0 Å². The van der Waals surface area contributed by atoms with Crippen molar-refractivity contribution >= 4 is 33.2 Å². The van der Waals surface area contributed by atoms with Gasteiger partial charge in [0.15, 0.2) is 0 Å². The second kappa shape index (κ2) is 5.79. The number of fused-ring (bicyclic) bond motifs is 1. The summed E-state index contributed by atoms with van der Waals surface area (Å²) >= 11 is 9.84. The largest absolute Gasteiger partial charge is 0.381 e. The first-order valence-corrected chi connectivity index (χ1v) is 8.09. The van der Waals surface area contributed by atoms with Crippen molar-refractivity contribution in [1.82, 2.24) is 0 Å². The van der Waals surface area contributed by atoms with E-state index in [9.17, 15) is 0 Å². The van der Waals surface area contributed by atoms with Crippen molar-refractivity contribution in [2.24, 2.45) is 0 Å². The molecule has 0 radical (unpaired) electrons. The Morgan fingerprint density at radius 3 is 2.80 bits per heavy atom. The van der Waals surface area contributed by atoms with Gasteiger partial charge in [0.05, 0.1) is 10.7 Å². The van der Waals surface area contributed by atoms with E-state index >= 15 is 0 Å². The lowest BCUT2D eigenvalue weighted by atomic mass is 9.88. The molecule has 0 amide bonds. The van der Waals surface area contributed by atoms with Gasteiger partial charge in [-0.3, -0.25) is 0 Å². The first-order valence-electron chi connectivity index (χ1n) is 6.92. The average molecular weight is 351 g/mol. The van der Waals surface area contributed by atoms with E-state index in [1.54, 1.807) is 0 Å². The quantitative estimate of drug-likeness (QED) is 0.766. The number of benzene rings is 2. The summed E-state index contributed by atoms with van der Waals surface area (Å²) < 4.78 is 1.17. The fourth-order valence-electron chi connectivity index (χ4n) is 2.80. The van der Waals surface area contributed by atoms with Crippen molar-refractivity contribution in [3.05, 3.63) is 62.6 Å². The highest BCUT2D eigenvalue weighted by Gasteiger charge is 2.19. The molecule has 1 nitrogen and oxygen atoms in total. The van der Waals surface area contributed by atoms with E-state index in [0.717, 1.165) is 30.0 Å². The van der Waals surface area contributed by atoms with Gasteiger partial charge in [-0.2, -0.15) is 0 Å². The molecule has 104 valence electrons. The Balaban J connectivity index is 1.75. The minimum atomic E-state index is 0.462. The van der Waals surface area contributed by atoms with Crippen LogP contribution in [0.4, 0.5) is 5.69 Å². The van der Waals surface area contributed by atoms with Crippen molar-refractivity contribution in [3.8, 4) is 0 Å². The van der Waals surface area contributed by atoms with Gasteiger partial charge in [0.2, 0.25) is 0 Å². The highest BCUT2D eigenvalue weighted by molar-refractivity contribution is 9.10. The predicted octanol–water partition coefficient (Wildman–Crippen LogP) is 5.38. The van der Waals surface area contributed by atoms with Crippen molar-refractivity contribution < 1.29 is 0 Å². The molecule has 2 aromatic rings. The van der Waals surface area contributed by atoms with Crippen LogP contribution in [0, 0.1) is 6.92 Å². The van der Waals surface area contributed by atoms with Crippen LogP contribution in [0.1, 0.15) is 23.1 Å². The van der Waals surface area contributed by atoms with Crippen LogP contribution < -0.4 is 5.32 Å². The van der Waals surface area contributed by atoms with Crippen molar-refractivity contribution in [3.63, 3.8) is 0 Å². The maximum absolute atomic E-state index is 6.30. The van der Waals surface area contributed by atoms with Crippen LogP contribution in [-0.2, 0) is 12.8 Å². The van der Waals surface area contributed by atoms with Crippen LogP contribution in [0.15, 0.2) is 40.9 Å². The monoisotopic (exact) mass is 349 g/mol. The van der Waals surface area contributed by atoms with E-state index in [-0.39, 0.29) is 0 Å². The minimum absolute atomic E-state index is 0.462. The first kappa shape index (κ1) is 14.0. The Labute approximate surface area is 133 Å². The topological polar surface area (TPSA) is 12.0 Å². The van der Waals surface area contributed by atoms with E-state index < -0.39 is 0 Å². The van der Waals surface area contributed by atoms with Crippen LogP contribution in [-0.4, -0.2) is 6.04 Å². The maximum atomic E-state index is 6.30. The van der Waals surface area contributed by atoms with Crippen LogP contribution in [0.5, 0.6) is 0 Å². The molecule has 3 rings (SSSR count). The molecule has 20 heavy (non-hydrogen) atoms. The maximum Gasteiger partial charge on any atom is 0.0640 e. The molecule has 1 atom stereocenters. The number of hydrogen-bond acceptors (Lipinski definition) is 1. The normalized spacial score (nSPS) is 17.6. The van der Waals surface area contributed by atoms with Crippen LogP contribution in [0.3, 0.4) is 0 Å². The molecule has 0 fully saturated rings. The number of anilines is 1. The van der Waals surface area contributed by atoms with E-state index in [2.05, 4.69) is 58.5 Å². The number of hydrogen-bond donors (Lipinski definition) is 1. The highest BCUT2D eigenvalue weighted by atomic mass is 79.9. The molecular weight excluding hydrogens is 334 g/mol. The summed E-state index contributed by atoms with van der Waals surface area (Å²) in [7, 11) is 0. The lowest BCUT2D eigenvalue weighted by molar-refractivity contribution is 0.610. The zero-order valence-corrected chi connectivity index (χ0v) is 13.8. The van der Waals surface area contributed by atoms with Gasteiger partial charge in [-0.25, -0.2) is 0 Å². The Bertz CT molecular complexity index is 639. The highest BCUT2D eigenvalue weighted by Crippen LogP contribution is 2.29. The first-order chi connectivity index (χ1) is 9.61. The second-order valence-electron chi connectivity index (χ2n) is 5.48. The van der Waals surface area contributed by atoms with Crippen molar-refractivity contribution in [2.75, 3.05) is 5.32 Å². The molecule has 1 aliphatic rings. The van der Waals surface area contributed by atoms with Crippen LogP contribution in [0.2, 0.25) is 5.02 Å². The third-order valence-electron chi connectivity index (χ3n) is 3.88. The number of rotatable bonds is 2. The summed E-state index contributed by atoms with van der Waals surface area (Å²) in [6.45, 7) is 2.06. The molecular formula is C17H17BrClN. The molecule has 1 unspecified atom stereocenters. The van der Waals surface area contributed by atoms with E-state index in [1.807, 2.05) is 6.07 Å². The molecule has 2 aromatic carbocycles. The fraction of sp³-hybridized carbons (Fsp3) is 0.294. The Morgan fingerprint density at radius 1 is 1.15 bits per heavy atom. The van der Waals surface area contributed by atoms with E-state index in [0.29, 0.717) is 6.04 Å². The number of halogens is 2. The Morgan fingerprint density at radius 2 is 2.00 bits per heavy atom. The molecule has 0 aromatic heterocycles. The van der Waals surface area contributed by atoms with Gasteiger partial charge in [-0.05, 0) is 67.1 Å². The third kappa shape index (κ3) is 3.02. The number of aryl methyl sites for hydroxylation is 2. The number of nitrogens with one attached hydrogen (secondary N) is 1. The van der Waals surface area contributed by atoms with E-state index in [1.165, 1.54) is 21.2 Å². The fourth-order valence-corrected chi connectivity index (χ4v) is 3.50. The molecule has 1 N–H and O–H groups in total. The standard InChI is InChI=1S/C17H17BrClN/c1-11-2-7-17(16(19)8-11)20-15-6-4-12-9-14(18)5-3-13(12)10-15/h2-3,5,7-9,15,20H,4,6,10H2,1H3. The summed E-state index contributed by atoms with van der Waals surface area (Å²) in [5, 5.41) is 4.40. The van der Waals surface area contributed by atoms with Gasteiger partial charge in [-0.1, -0.05) is 39.7 Å². The van der Waals surface area contributed by atoms with Crippen molar-refractivity contribution in [2.45, 2.75) is 32.2 Å². The molecule has 3 heteroatoms. The third-order valence-corrected chi connectivity index (χ3v) is 4.69. The van der Waals surface area contributed by atoms with Gasteiger partial charge in [-0.15, -0.1) is 0 Å². The lowest BCUT2D eigenvalue weighted by Gasteiger charge is -2.27. The van der Waals surface area contributed by atoms with E-state index in [4.69, 9.17) is 11.6 Å². The summed E-state index contributed by atoms with van der Waals surface area (Å²) in [5.41, 5.74) is 5.15. The summed E-state index contributed by atoms with van der Waals surface area (Å²) in [6, 6.07) is 13.2. The Hall–Kier alpha value is -0.990. The van der Waals surface area contributed by atoms with Gasteiger partial charge in [0, 0.05) is 10.5 Å². The van der Waals surface area contributed by atoms with Crippen molar-refractivity contribution in [1.29, 1.82) is 0 Å². The molecule has 0 heterocycles. The SMILES string of the molecule is Cc1ccc(NC2CCc3cc(Br)ccc3C2)c(Cl)c1. The molecule has 0 spiro atoms. The van der Waals surface area contributed by atoms with Gasteiger partial charge in [0.1, 0.15) is 0 Å². The lowest BCUT2D eigenvalue weighted by Crippen LogP contribution is -2.27. The molecule has 0 saturated carbocycles. The Kier molecular flexibility index (Phi) is 4.04. The van der Waals surface area contributed by atoms with Crippen LogP contribution >= 0.6 is 27.5 Å². The van der Waals surface area contributed by atoms with Gasteiger partial charge >= 0.3 is 0 Å². The molecule has 1 aliphatic carbocycles.